The smallest absolute Gasteiger partial charge is 0.336 e. The first-order valence-electron chi connectivity index (χ1n) is 8.66. The van der Waals surface area contributed by atoms with Gasteiger partial charge in [-0.2, -0.15) is 0 Å². The number of fused-ring (bicyclic) bond motifs is 1. The van der Waals surface area contributed by atoms with Gasteiger partial charge in [-0.15, -0.1) is 0 Å². The standard InChI is InChI=1S/C19H23NO6/c1-3-5-6-15(19(23)24)20-17(21)11-25-13-7-8-14-12(4-2)9-18(22)26-16(14)10-13/h7-10,15H,3-6,11H2,1-2H3,(H,20,21)(H,23,24). The maximum atomic E-state index is 11.9. The van der Waals surface area contributed by atoms with Crippen molar-refractivity contribution < 1.29 is 23.8 Å². The van der Waals surface area contributed by atoms with E-state index < -0.39 is 23.5 Å². The Morgan fingerprint density at radius 3 is 2.69 bits per heavy atom. The molecule has 140 valence electrons. The predicted molar refractivity (Wildman–Crippen MR) is 96.4 cm³/mol. The first kappa shape index (κ1) is 19.5. The van der Waals surface area contributed by atoms with E-state index in [-0.39, 0.29) is 6.61 Å². The average Bonchev–Trinajstić information content (AvgIpc) is 2.62. The SMILES string of the molecule is CCCCC(NC(=O)COc1ccc2c(CC)cc(=O)oc2c1)C(=O)O. The van der Waals surface area contributed by atoms with E-state index in [0.717, 1.165) is 17.4 Å². The number of aryl methyl sites for hydroxylation is 1. The number of unbranched alkanes of at least 4 members (excludes halogenated alkanes) is 1. The van der Waals surface area contributed by atoms with Crippen LogP contribution in [0, 0.1) is 0 Å². The Kier molecular flexibility index (Phi) is 6.77. The number of benzene rings is 1. The highest BCUT2D eigenvalue weighted by Gasteiger charge is 2.19. The Morgan fingerprint density at radius 1 is 1.27 bits per heavy atom. The van der Waals surface area contributed by atoms with E-state index in [2.05, 4.69) is 5.32 Å². The molecular weight excluding hydrogens is 338 g/mol. The number of carboxylic acid groups (broad SMARTS) is 1. The van der Waals surface area contributed by atoms with Gasteiger partial charge in [0, 0.05) is 17.5 Å². The molecule has 0 saturated carbocycles. The number of carboxylic acids is 1. The molecule has 0 aliphatic heterocycles. The van der Waals surface area contributed by atoms with Gasteiger partial charge in [0.05, 0.1) is 0 Å². The summed E-state index contributed by atoms with van der Waals surface area (Å²) in [4.78, 5) is 34.7. The van der Waals surface area contributed by atoms with Crippen molar-refractivity contribution in [3.8, 4) is 5.75 Å². The van der Waals surface area contributed by atoms with Gasteiger partial charge >= 0.3 is 11.6 Å². The second-order valence-corrected chi connectivity index (χ2v) is 5.99. The summed E-state index contributed by atoms with van der Waals surface area (Å²) in [7, 11) is 0. The normalized spacial score (nSPS) is 11.9. The number of nitrogens with one attached hydrogen (secondary N) is 1. The third-order valence-electron chi connectivity index (χ3n) is 4.03. The monoisotopic (exact) mass is 361 g/mol. The number of amides is 1. The van der Waals surface area contributed by atoms with Crippen LogP contribution in [0.2, 0.25) is 0 Å². The largest absolute Gasteiger partial charge is 0.484 e. The van der Waals surface area contributed by atoms with Crippen molar-refractivity contribution in [1.82, 2.24) is 5.32 Å². The van der Waals surface area contributed by atoms with E-state index in [0.29, 0.717) is 30.6 Å². The number of carbonyl (C=O) groups excluding carboxylic acids is 1. The topological polar surface area (TPSA) is 106 Å². The minimum Gasteiger partial charge on any atom is -0.484 e. The number of carbonyl (C=O) groups is 2. The lowest BCUT2D eigenvalue weighted by Crippen LogP contribution is -2.42. The Bertz CT molecular complexity index is 842. The molecule has 1 amide bonds. The van der Waals surface area contributed by atoms with Crippen molar-refractivity contribution in [3.63, 3.8) is 0 Å². The van der Waals surface area contributed by atoms with Crippen molar-refractivity contribution >= 4 is 22.8 Å². The molecule has 1 atom stereocenters. The molecule has 0 fully saturated rings. The quantitative estimate of drug-likeness (QED) is 0.665. The third-order valence-corrected chi connectivity index (χ3v) is 4.03. The molecule has 7 nitrogen and oxygen atoms in total. The third kappa shape index (κ3) is 5.08. The van der Waals surface area contributed by atoms with Gasteiger partial charge in [0.1, 0.15) is 17.4 Å². The van der Waals surface area contributed by atoms with Crippen LogP contribution in [0.25, 0.3) is 11.0 Å². The second-order valence-electron chi connectivity index (χ2n) is 5.99. The Morgan fingerprint density at radius 2 is 2.04 bits per heavy atom. The van der Waals surface area contributed by atoms with Crippen molar-refractivity contribution in [3.05, 3.63) is 40.2 Å². The van der Waals surface area contributed by atoms with Crippen LogP contribution < -0.4 is 15.7 Å². The zero-order valence-corrected chi connectivity index (χ0v) is 14.9. The summed E-state index contributed by atoms with van der Waals surface area (Å²) in [6.07, 6.45) is 2.62. The molecule has 1 heterocycles. The number of aliphatic carboxylic acids is 1. The van der Waals surface area contributed by atoms with Gasteiger partial charge in [-0.1, -0.05) is 26.7 Å². The fourth-order valence-corrected chi connectivity index (χ4v) is 2.64. The van der Waals surface area contributed by atoms with Crippen LogP contribution in [0.15, 0.2) is 33.5 Å². The molecule has 2 N–H and O–H groups in total. The zero-order valence-electron chi connectivity index (χ0n) is 14.9. The van der Waals surface area contributed by atoms with Gasteiger partial charge in [0.15, 0.2) is 6.61 Å². The highest BCUT2D eigenvalue weighted by atomic mass is 16.5. The Hall–Kier alpha value is -2.83. The average molecular weight is 361 g/mol. The summed E-state index contributed by atoms with van der Waals surface area (Å²) in [5, 5.41) is 12.4. The van der Waals surface area contributed by atoms with Gasteiger partial charge in [0.2, 0.25) is 0 Å². The molecule has 1 unspecified atom stereocenters. The van der Waals surface area contributed by atoms with Gasteiger partial charge in [0.25, 0.3) is 5.91 Å². The molecule has 1 aromatic heterocycles. The molecule has 0 bridgehead atoms. The molecule has 0 aliphatic rings. The van der Waals surface area contributed by atoms with E-state index in [9.17, 15) is 14.4 Å². The number of hydrogen-bond acceptors (Lipinski definition) is 5. The summed E-state index contributed by atoms with van der Waals surface area (Å²) >= 11 is 0. The van der Waals surface area contributed by atoms with Crippen LogP contribution in [0.3, 0.4) is 0 Å². The van der Waals surface area contributed by atoms with Crippen LogP contribution >= 0.6 is 0 Å². The van der Waals surface area contributed by atoms with E-state index in [1.54, 1.807) is 18.2 Å². The van der Waals surface area contributed by atoms with Crippen LogP contribution in [0.5, 0.6) is 5.75 Å². The summed E-state index contributed by atoms with van der Waals surface area (Å²) in [6, 6.07) is 5.53. The molecule has 2 aromatic rings. The summed E-state index contributed by atoms with van der Waals surface area (Å²) in [5.74, 6) is -1.21. The molecule has 0 radical (unpaired) electrons. The number of ether oxygens (including phenoxy) is 1. The number of rotatable bonds is 9. The van der Waals surface area contributed by atoms with E-state index in [4.69, 9.17) is 14.3 Å². The summed E-state index contributed by atoms with van der Waals surface area (Å²) < 4.78 is 10.6. The van der Waals surface area contributed by atoms with Gasteiger partial charge in [-0.05, 0) is 30.5 Å². The lowest BCUT2D eigenvalue weighted by atomic mass is 10.1. The Balaban J connectivity index is 2.03. The lowest BCUT2D eigenvalue weighted by Gasteiger charge is -2.14. The molecule has 0 saturated heterocycles. The first-order chi connectivity index (χ1) is 12.4. The molecule has 0 spiro atoms. The van der Waals surface area contributed by atoms with Gasteiger partial charge in [-0.3, -0.25) is 4.79 Å². The summed E-state index contributed by atoms with van der Waals surface area (Å²) in [6.45, 7) is 3.57. The van der Waals surface area contributed by atoms with Crippen molar-refractivity contribution in [2.24, 2.45) is 0 Å². The minimum atomic E-state index is -1.06. The van der Waals surface area contributed by atoms with E-state index in [1.807, 2.05) is 13.8 Å². The Labute approximate surface area is 151 Å². The molecule has 7 heteroatoms. The highest BCUT2D eigenvalue weighted by molar-refractivity contribution is 5.85. The fraction of sp³-hybridized carbons (Fsp3) is 0.421. The van der Waals surface area contributed by atoms with Crippen molar-refractivity contribution in [2.75, 3.05) is 6.61 Å². The van der Waals surface area contributed by atoms with Crippen LogP contribution in [0.4, 0.5) is 0 Å². The minimum absolute atomic E-state index is 0.320. The lowest BCUT2D eigenvalue weighted by molar-refractivity contribution is -0.142. The number of hydrogen-bond donors (Lipinski definition) is 2. The molecular formula is C19H23NO6. The second kappa shape index (κ2) is 9.03. The van der Waals surface area contributed by atoms with Crippen molar-refractivity contribution in [1.29, 1.82) is 0 Å². The van der Waals surface area contributed by atoms with Crippen LogP contribution in [-0.4, -0.2) is 29.6 Å². The molecule has 1 aromatic carbocycles. The predicted octanol–water partition coefficient (Wildman–Crippen LogP) is 2.49. The maximum absolute atomic E-state index is 11.9. The molecule has 2 rings (SSSR count). The molecule has 26 heavy (non-hydrogen) atoms. The van der Waals surface area contributed by atoms with E-state index in [1.165, 1.54) is 6.07 Å². The van der Waals surface area contributed by atoms with E-state index >= 15 is 0 Å². The maximum Gasteiger partial charge on any atom is 0.336 e. The zero-order chi connectivity index (χ0) is 19.1. The van der Waals surface area contributed by atoms with Crippen LogP contribution in [-0.2, 0) is 16.0 Å². The molecule has 0 aliphatic carbocycles. The van der Waals surface area contributed by atoms with Gasteiger partial charge in [-0.25, -0.2) is 9.59 Å². The highest BCUT2D eigenvalue weighted by Crippen LogP contribution is 2.23. The van der Waals surface area contributed by atoms with Crippen LogP contribution in [0.1, 0.15) is 38.7 Å². The van der Waals surface area contributed by atoms with Gasteiger partial charge < -0.3 is 19.6 Å². The van der Waals surface area contributed by atoms with Crippen molar-refractivity contribution in [2.45, 2.75) is 45.6 Å². The first-order valence-corrected chi connectivity index (χ1v) is 8.66. The summed E-state index contributed by atoms with van der Waals surface area (Å²) in [5.41, 5.74) is 0.823. The fourth-order valence-electron chi connectivity index (χ4n) is 2.64.